The second-order valence-corrected chi connectivity index (χ2v) is 4.76. The maximum absolute atomic E-state index is 13.1. The standard InChI is InChI=1S/C14H17FN2O4/c1-2-10-8-21-6-5-17(10)14(20)16-12-4-3-9(15)7-11(12)13(18)19/h3-4,7,10H,2,5-6,8H2,1H3,(H,16,20)(H,18,19). The number of carboxylic acids is 1. The minimum absolute atomic E-state index is 0.0486. The van der Waals surface area contributed by atoms with E-state index < -0.39 is 17.8 Å². The molecule has 1 aromatic rings. The fourth-order valence-corrected chi connectivity index (χ4v) is 2.25. The monoisotopic (exact) mass is 296 g/mol. The fourth-order valence-electron chi connectivity index (χ4n) is 2.25. The summed E-state index contributed by atoms with van der Waals surface area (Å²) < 4.78 is 18.4. The summed E-state index contributed by atoms with van der Waals surface area (Å²) in [6.07, 6.45) is 0.739. The van der Waals surface area contributed by atoms with Gasteiger partial charge in [0.15, 0.2) is 0 Å². The predicted molar refractivity (Wildman–Crippen MR) is 74.0 cm³/mol. The molecule has 1 aliphatic heterocycles. The second-order valence-electron chi connectivity index (χ2n) is 4.76. The number of benzene rings is 1. The summed E-state index contributed by atoms with van der Waals surface area (Å²) in [6, 6.07) is 2.79. The quantitative estimate of drug-likeness (QED) is 0.896. The molecule has 2 N–H and O–H groups in total. The van der Waals surface area contributed by atoms with Crippen LogP contribution in [-0.4, -0.2) is 47.8 Å². The number of rotatable bonds is 3. The third kappa shape index (κ3) is 3.49. The molecular formula is C14H17FN2O4. The Kier molecular flexibility index (Phi) is 4.74. The average Bonchev–Trinajstić information content (AvgIpc) is 2.48. The molecule has 1 unspecified atom stereocenters. The summed E-state index contributed by atoms with van der Waals surface area (Å²) >= 11 is 0. The van der Waals surface area contributed by atoms with Gasteiger partial charge in [0.2, 0.25) is 0 Å². The van der Waals surface area contributed by atoms with Crippen LogP contribution >= 0.6 is 0 Å². The largest absolute Gasteiger partial charge is 0.478 e. The summed E-state index contributed by atoms with van der Waals surface area (Å²) in [5, 5.41) is 11.6. The lowest BCUT2D eigenvalue weighted by Crippen LogP contribution is -2.50. The Hall–Kier alpha value is -2.15. The highest BCUT2D eigenvalue weighted by Gasteiger charge is 2.26. The molecule has 114 valence electrons. The highest BCUT2D eigenvalue weighted by atomic mass is 19.1. The van der Waals surface area contributed by atoms with Gasteiger partial charge in [-0.15, -0.1) is 0 Å². The summed E-state index contributed by atoms with van der Waals surface area (Å²) in [5.74, 6) is -1.96. The molecule has 7 heteroatoms. The van der Waals surface area contributed by atoms with Gasteiger partial charge in [0.05, 0.1) is 30.5 Å². The topological polar surface area (TPSA) is 78.9 Å². The minimum atomic E-state index is -1.29. The van der Waals surface area contributed by atoms with Crippen LogP contribution in [0.5, 0.6) is 0 Å². The first-order valence-electron chi connectivity index (χ1n) is 6.71. The molecule has 0 saturated carbocycles. The molecule has 2 rings (SSSR count). The van der Waals surface area contributed by atoms with E-state index in [1.165, 1.54) is 6.07 Å². The van der Waals surface area contributed by atoms with E-state index in [1.807, 2.05) is 6.92 Å². The van der Waals surface area contributed by atoms with Gasteiger partial charge in [-0.2, -0.15) is 0 Å². The van der Waals surface area contributed by atoms with Crippen molar-refractivity contribution in [3.8, 4) is 0 Å². The van der Waals surface area contributed by atoms with Crippen molar-refractivity contribution in [3.63, 3.8) is 0 Å². The highest BCUT2D eigenvalue weighted by Crippen LogP contribution is 2.19. The highest BCUT2D eigenvalue weighted by molar-refractivity contribution is 6.00. The number of carbonyl (C=O) groups excluding carboxylic acids is 1. The van der Waals surface area contributed by atoms with Gasteiger partial charge in [0, 0.05) is 6.54 Å². The maximum atomic E-state index is 13.1. The number of carboxylic acid groups (broad SMARTS) is 1. The maximum Gasteiger partial charge on any atom is 0.337 e. The van der Waals surface area contributed by atoms with Crippen LogP contribution in [0.2, 0.25) is 0 Å². The van der Waals surface area contributed by atoms with Gasteiger partial charge >= 0.3 is 12.0 Å². The fraction of sp³-hybridized carbons (Fsp3) is 0.429. The van der Waals surface area contributed by atoms with Gasteiger partial charge in [0.1, 0.15) is 5.82 Å². The van der Waals surface area contributed by atoms with Crippen LogP contribution in [-0.2, 0) is 4.74 Å². The Labute approximate surface area is 121 Å². The molecule has 21 heavy (non-hydrogen) atoms. The van der Waals surface area contributed by atoms with Gasteiger partial charge in [-0.3, -0.25) is 0 Å². The molecule has 0 aliphatic carbocycles. The number of halogens is 1. The zero-order valence-electron chi connectivity index (χ0n) is 11.6. The van der Waals surface area contributed by atoms with Crippen LogP contribution in [0.25, 0.3) is 0 Å². The van der Waals surface area contributed by atoms with E-state index in [0.29, 0.717) is 19.8 Å². The molecule has 0 radical (unpaired) electrons. The van der Waals surface area contributed by atoms with E-state index in [-0.39, 0.29) is 17.3 Å². The first kappa shape index (κ1) is 15.2. The number of anilines is 1. The molecule has 1 aromatic carbocycles. The number of urea groups is 1. The van der Waals surface area contributed by atoms with Crippen LogP contribution in [0.4, 0.5) is 14.9 Å². The van der Waals surface area contributed by atoms with Gasteiger partial charge in [0.25, 0.3) is 0 Å². The van der Waals surface area contributed by atoms with E-state index >= 15 is 0 Å². The van der Waals surface area contributed by atoms with Gasteiger partial charge in [-0.25, -0.2) is 14.0 Å². The van der Waals surface area contributed by atoms with E-state index in [9.17, 15) is 14.0 Å². The van der Waals surface area contributed by atoms with Crippen LogP contribution in [0.1, 0.15) is 23.7 Å². The molecule has 0 bridgehead atoms. The van der Waals surface area contributed by atoms with Gasteiger partial charge in [-0.1, -0.05) is 6.92 Å². The molecule has 1 atom stereocenters. The van der Waals surface area contributed by atoms with Crippen LogP contribution < -0.4 is 5.32 Å². The predicted octanol–water partition coefficient (Wildman–Crippen LogP) is 2.17. The molecule has 1 fully saturated rings. The SMILES string of the molecule is CCC1COCCN1C(=O)Nc1ccc(F)cc1C(=O)O. The van der Waals surface area contributed by atoms with Crippen molar-refractivity contribution in [1.29, 1.82) is 0 Å². The molecule has 1 aliphatic rings. The van der Waals surface area contributed by atoms with Crippen LogP contribution in [0.3, 0.4) is 0 Å². The van der Waals surface area contributed by atoms with Gasteiger partial charge in [-0.05, 0) is 24.6 Å². The van der Waals surface area contributed by atoms with Crippen molar-refractivity contribution in [3.05, 3.63) is 29.6 Å². The molecule has 1 heterocycles. The summed E-state index contributed by atoms with van der Waals surface area (Å²) in [5.41, 5.74) is -0.195. The van der Waals surface area contributed by atoms with Crippen molar-refractivity contribution in [2.75, 3.05) is 25.1 Å². The Bertz CT molecular complexity index is 550. The Morgan fingerprint density at radius 2 is 2.29 bits per heavy atom. The van der Waals surface area contributed by atoms with Crippen molar-refractivity contribution in [2.45, 2.75) is 19.4 Å². The lowest BCUT2D eigenvalue weighted by molar-refractivity contribution is 0.0144. The number of nitrogens with one attached hydrogen (secondary N) is 1. The number of hydrogen-bond acceptors (Lipinski definition) is 3. The first-order chi connectivity index (χ1) is 10.0. The molecule has 2 amide bonds. The number of morpholine rings is 1. The van der Waals surface area contributed by atoms with Crippen molar-refractivity contribution >= 4 is 17.7 Å². The van der Waals surface area contributed by atoms with E-state index in [4.69, 9.17) is 9.84 Å². The van der Waals surface area contributed by atoms with Crippen molar-refractivity contribution in [1.82, 2.24) is 4.90 Å². The van der Waals surface area contributed by atoms with Crippen molar-refractivity contribution in [2.24, 2.45) is 0 Å². The summed E-state index contributed by atoms with van der Waals surface area (Å²) in [4.78, 5) is 25.0. The lowest BCUT2D eigenvalue weighted by Gasteiger charge is -2.35. The number of hydrogen-bond donors (Lipinski definition) is 2. The lowest BCUT2D eigenvalue weighted by atomic mass is 10.1. The first-order valence-corrected chi connectivity index (χ1v) is 6.71. The van der Waals surface area contributed by atoms with Crippen molar-refractivity contribution < 1.29 is 23.8 Å². The Balaban J connectivity index is 2.17. The number of carbonyl (C=O) groups is 2. The average molecular weight is 296 g/mol. The molecule has 0 spiro atoms. The molecule has 1 saturated heterocycles. The third-order valence-electron chi connectivity index (χ3n) is 3.41. The smallest absolute Gasteiger partial charge is 0.337 e. The zero-order valence-corrected chi connectivity index (χ0v) is 11.6. The second kappa shape index (κ2) is 6.53. The zero-order chi connectivity index (χ0) is 15.4. The molecule has 6 nitrogen and oxygen atoms in total. The summed E-state index contributed by atoms with van der Waals surface area (Å²) in [6.45, 7) is 3.28. The third-order valence-corrected chi connectivity index (χ3v) is 3.41. The number of aromatic carboxylic acids is 1. The number of ether oxygens (including phenoxy) is 1. The molecule has 0 aromatic heterocycles. The van der Waals surface area contributed by atoms with E-state index in [1.54, 1.807) is 4.90 Å². The Morgan fingerprint density at radius 1 is 1.52 bits per heavy atom. The summed E-state index contributed by atoms with van der Waals surface area (Å²) in [7, 11) is 0. The normalized spacial score (nSPS) is 18.4. The Morgan fingerprint density at radius 3 is 2.95 bits per heavy atom. The van der Waals surface area contributed by atoms with E-state index in [2.05, 4.69) is 5.32 Å². The minimum Gasteiger partial charge on any atom is -0.478 e. The number of amides is 2. The van der Waals surface area contributed by atoms with Crippen LogP contribution in [0.15, 0.2) is 18.2 Å². The van der Waals surface area contributed by atoms with Gasteiger partial charge < -0.3 is 20.1 Å². The molecular weight excluding hydrogens is 279 g/mol. The van der Waals surface area contributed by atoms with E-state index in [0.717, 1.165) is 18.6 Å². The van der Waals surface area contributed by atoms with Crippen LogP contribution in [0, 0.1) is 5.82 Å². The number of nitrogens with zero attached hydrogens (tertiary/aromatic N) is 1.